The molecule has 0 saturated heterocycles. The summed E-state index contributed by atoms with van der Waals surface area (Å²) in [7, 11) is -4.44. The van der Waals surface area contributed by atoms with Gasteiger partial charge in [-0.15, -0.1) is 0 Å². The van der Waals surface area contributed by atoms with E-state index in [1.165, 1.54) is 6.07 Å². The largest absolute Gasteiger partial charge is 0.524 e. The Bertz CT molecular complexity index is 441. The number of phosphoric acid groups is 1. The van der Waals surface area contributed by atoms with Crippen LogP contribution in [0.5, 0.6) is 5.75 Å². The fraction of sp³-hybridized carbons (Fsp3) is 0.400. The van der Waals surface area contributed by atoms with Gasteiger partial charge in [0, 0.05) is 0 Å². The Morgan fingerprint density at radius 1 is 1.15 bits per heavy atom. The number of halogens is 1. The molecule has 0 amide bonds. The van der Waals surface area contributed by atoms with E-state index in [1.54, 1.807) is 18.2 Å². The van der Waals surface area contributed by atoms with Crippen LogP contribution in [-0.2, 0) is 4.57 Å². The van der Waals surface area contributed by atoms with Gasteiger partial charge in [-0.1, -0.05) is 12.1 Å². The summed E-state index contributed by atoms with van der Waals surface area (Å²) >= 11 is 3.08. The standard InChI is InChI=1S/C6H6BrO4P.C4H11NO3/c7-5-3-1-2-4-6(5)11-12(8,9)10;5-4(1-6,2-7)3-8/h1-4H,(H2,8,9,10);6-8H,1-3,5H2. The molecule has 0 spiro atoms. The molecule has 1 rings (SSSR count). The molecule has 116 valence electrons. The Labute approximate surface area is 124 Å². The number of hydrogen-bond acceptors (Lipinski definition) is 6. The first kappa shape index (κ1) is 19.5. The van der Waals surface area contributed by atoms with Crippen LogP contribution in [0.2, 0.25) is 0 Å². The van der Waals surface area contributed by atoms with Crippen LogP contribution in [0.1, 0.15) is 0 Å². The maximum atomic E-state index is 10.4. The number of rotatable bonds is 5. The number of hydrogen-bond donors (Lipinski definition) is 6. The van der Waals surface area contributed by atoms with E-state index in [9.17, 15) is 4.57 Å². The molecule has 1 aromatic rings. The number of para-hydroxylation sites is 1. The highest BCUT2D eigenvalue weighted by molar-refractivity contribution is 9.10. The van der Waals surface area contributed by atoms with E-state index < -0.39 is 33.2 Å². The summed E-state index contributed by atoms with van der Waals surface area (Å²) in [4.78, 5) is 16.9. The minimum Gasteiger partial charge on any atom is -0.403 e. The summed E-state index contributed by atoms with van der Waals surface area (Å²) in [6.07, 6.45) is 0. The van der Waals surface area contributed by atoms with Crippen LogP contribution in [0.15, 0.2) is 28.7 Å². The van der Waals surface area contributed by atoms with Crippen molar-refractivity contribution in [3.63, 3.8) is 0 Å². The molecule has 0 radical (unpaired) electrons. The lowest BCUT2D eigenvalue weighted by Gasteiger charge is -2.20. The van der Waals surface area contributed by atoms with Crippen LogP contribution in [0.4, 0.5) is 0 Å². The quantitative estimate of drug-likeness (QED) is 0.380. The molecule has 0 bridgehead atoms. The maximum absolute atomic E-state index is 10.4. The zero-order valence-electron chi connectivity index (χ0n) is 10.4. The van der Waals surface area contributed by atoms with E-state index in [0.717, 1.165) is 0 Å². The lowest BCUT2D eigenvalue weighted by atomic mass is 10.1. The van der Waals surface area contributed by atoms with Crippen LogP contribution in [-0.4, -0.2) is 50.5 Å². The average molecular weight is 374 g/mol. The van der Waals surface area contributed by atoms with Crippen LogP contribution >= 0.6 is 23.8 Å². The fourth-order valence-electron chi connectivity index (χ4n) is 0.797. The highest BCUT2D eigenvalue weighted by atomic mass is 79.9. The van der Waals surface area contributed by atoms with Crippen LogP contribution in [0.25, 0.3) is 0 Å². The van der Waals surface area contributed by atoms with Crippen LogP contribution in [0.3, 0.4) is 0 Å². The van der Waals surface area contributed by atoms with Gasteiger partial charge in [0.2, 0.25) is 0 Å². The second-order valence-electron chi connectivity index (χ2n) is 3.85. The smallest absolute Gasteiger partial charge is 0.403 e. The van der Waals surface area contributed by atoms with Crippen molar-refractivity contribution in [1.82, 2.24) is 0 Å². The Balaban J connectivity index is 0.000000396. The first-order chi connectivity index (χ1) is 9.17. The number of benzene rings is 1. The zero-order valence-corrected chi connectivity index (χ0v) is 12.9. The van der Waals surface area contributed by atoms with Crippen molar-refractivity contribution in [3.8, 4) is 5.75 Å². The topological polar surface area (TPSA) is 153 Å². The molecule has 0 heterocycles. The predicted molar refractivity (Wildman–Crippen MR) is 75.0 cm³/mol. The third-order valence-electron chi connectivity index (χ3n) is 2.00. The summed E-state index contributed by atoms with van der Waals surface area (Å²) in [6, 6.07) is 6.43. The van der Waals surface area contributed by atoms with Crippen molar-refractivity contribution in [2.75, 3.05) is 19.8 Å². The highest BCUT2D eigenvalue weighted by Crippen LogP contribution is 2.40. The Morgan fingerprint density at radius 3 is 1.90 bits per heavy atom. The molecule has 0 saturated carbocycles. The molecule has 0 unspecified atom stereocenters. The summed E-state index contributed by atoms with van der Waals surface area (Å²) in [6.45, 7) is -1.21. The van der Waals surface area contributed by atoms with Gasteiger partial charge in [0.1, 0.15) is 5.75 Å². The number of phosphoric ester groups is 1. The number of aliphatic hydroxyl groups excluding tert-OH is 3. The van der Waals surface area contributed by atoms with Crippen molar-refractivity contribution in [2.24, 2.45) is 5.73 Å². The third kappa shape index (κ3) is 7.93. The molecule has 0 aliphatic carbocycles. The second kappa shape index (κ2) is 8.71. The van der Waals surface area contributed by atoms with Crippen LogP contribution in [0, 0.1) is 0 Å². The minimum absolute atomic E-state index is 0.130. The lowest BCUT2D eigenvalue weighted by molar-refractivity contribution is 0.0697. The van der Waals surface area contributed by atoms with Gasteiger partial charge in [-0.05, 0) is 28.1 Å². The van der Waals surface area contributed by atoms with E-state index >= 15 is 0 Å². The van der Waals surface area contributed by atoms with Gasteiger partial charge >= 0.3 is 7.82 Å². The Morgan fingerprint density at radius 2 is 1.60 bits per heavy atom. The van der Waals surface area contributed by atoms with E-state index in [0.29, 0.717) is 4.47 Å². The molecular formula is C10H17BrNO7P. The van der Waals surface area contributed by atoms with Gasteiger partial charge in [0.05, 0.1) is 29.8 Å². The van der Waals surface area contributed by atoms with Gasteiger partial charge in [0.15, 0.2) is 0 Å². The van der Waals surface area contributed by atoms with Gasteiger partial charge in [-0.2, -0.15) is 0 Å². The highest BCUT2D eigenvalue weighted by Gasteiger charge is 2.20. The van der Waals surface area contributed by atoms with Gasteiger partial charge in [0.25, 0.3) is 0 Å². The SMILES string of the molecule is NC(CO)(CO)CO.O=P(O)(O)Oc1ccccc1Br. The zero-order chi connectivity index (χ0) is 15.8. The molecule has 1 aromatic carbocycles. The van der Waals surface area contributed by atoms with E-state index in [2.05, 4.69) is 20.5 Å². The first-order valence-corrected chi connectivity index (χ1v) is 7.61. The molecule has 0 fully saturated rings. The summed E-state index contributed by atoms with van der Waals surface area (Å²) in [5.41, 5.74) is 3.94. The predicted octanol–water partition coefficient (Wildman–Crippen LogP) is -0.419. The molecule has 7 N–H and O–H groups in total. The van der Waals surface area contributed by atoms with E-state index in [-0.39, 0.29) is 5.75 Å². The summed E-state index contributed by atoms with van der Waals surface area (Å²) in [5.74, 6) is 0.130. The van der Waals surface area contributed by atoms with Gasteiger partial charge in [-0.25, -0.2) is 4.57 Å². The van der Waals surface area contributed by atoms with Gasteiger partial charge in [-0.3, -0.25) is 9.79 Å². The van der Waals surface area contributed by atoms with Crippen molar-refractivity contribution in [3.05, 3.63) is 28.7 Å². The van der Waals surface area contributed by atoms with Crippen molar-refractivity contribution < 1.29 is 34.2 Å². The lowest BCUT2D eigenvalue weighted by Crippen LogP contribution is -2.50. The van der Waals surface area contributed by atoms with Gasteiger partial charge < -0.3 is 25.6 Å². The van der Waals surface area contributed by atoms with E-state index in [1.807, 2.05) is 0 Å². The summed E-state index contributed by atoms with van der Waals surface area (Å²) < 4.78 is 15.3. The molecule has 0 atom stereocenters. The van der Waals surface area contributed by atoms with Crippen LogP contribution < -0.4 is 10.3 Å². The van der Waals surface area contributed by atoms with Crippen molar-refractivity contribution in [1.29, 1.82) is 0 Å². The Hall–Kier alpha value is -0.510. The minimum atomic E-state index is -4.44. The Kier molecular flexibility index (Phi) is 8.48. The molecule has 0 aromatic heterocycles. The number of nitrogens with two attached hydrogens (primary N) is 1. The second-order valence-corrected chi connectivity index (χ2v) is 5.87. The molecule has 8 nitrogen and oxygen atoms in total. The maximum Gasteiger partial charge on any atom is 0.524 e. The summed E-state index contributed by atoms with van der Waals surface area (Å²) in [5, 5.41) is 25.0. The average Bonchev–Trinajstić information content (AvgIpc) is 2.40. The van der Waals surface area contributed by atoms with E-state index in [4.69, 9.17) is 30.8 Å². The molecular weight excluding hydrogens is 357 g/mol. The van der Waals surface area contributed by atoms with Crippen molar-refractivity contribution in [2.45, 2.75) is 5.54 Å². The molecule has 10 heteroatoms. The first-order valence-electron chi connectivity index (χ1n) is 5.28. The monoisotopic (exact) mass is 373 g/mol. The third-order valence-corrected chi connectivity index (χ3v) is 3.09. The normalized spacial score (nSPS) is 11.6. The molecule has 20 heavy (non-hydrogen) atoms. The number of aliphatic hydroxyl groups is 3. The molecule has 0 aliphatic rings. The van der Waals surface area contributed by atoms with Crippen molar-refractivity contribution >= 4 is 23.8 Å². The fourth-order valence-corrected chi connectivity index (χ4v) is 1.70. The molecule has 0 aliphatic heterocycles.